The third kappa shape index (κ3) is 3.55. The van der Waals surface area contributed by atoms with Gasteiger partial charge < -0.3 is 9.64 Å². The molecule has 2 aliphatic heterocycles. The minimum atomic E-state index is 0.121. The molecule has 1 fully saturated rings. The highest BCUT2D eigenvalue weighted by atomic mass is 16.5. The minimum Gasteiger partial charge on any atom is -0.460 e. The van der Waals surface area contributed by atoms with Gasteiger partial charge >= 0.3 is 6.01 Å². The van der Waals surface area contributed by atoms with Gasteiger partial charge in [-0.05, 0) is 43.9 Å². The molecule has 1 aromatic carbocycles. The molecule has 0 unspecified atom stereocenters. The number of nitrogens with zero attached hydrogens (tertiary/aromatic N) is 4. The van der Waals surface area contributed by atoms with Crippen LogP contribution in [0, 0.1) is 0 Å². The van der Waals surface area contributed by atoms with Gasteiger partial charge in [-0.1, -0.05) is 18.2 Å². The van der Waals surface area contributed by atoms with Crippen molar-refractivity contribution in [3.63, 3.8) is 0 Å². The molecular formula is C20H24N4O2. The number of amides is 1. The number of rotatable bonds is 4. The van der Waals surface area contributed by atoms with Crippen molar-refractivity contribution in [2.24, 2.45) is 0 Å². The van der Waals surface area contributed by atoms with Gasteiger partial charge in [0.1, 0.15) is 6.10 Å². The average Bonchev–Trinajstić information content (AvgIpc) is 3.00. The van der Waals surface area contributed by atoms with Crippen molar-refractivity contribution in [3.05, 3.63) is 48.3 Å². The molecule has 0 saturated carbocycles. The van der Waals surface area contributed by atoms with Crippen LogP contribution in [-0.4, -0.2) is 52.6 Å². The molecule has 136 valence electrons. The van der Waals surface area contributed by atoms with Crippen LogP contribution in [0.4, 0.5) is 5.69 Å². The Bertz CT molecular complexity index is 759. The van der Waals surface area contributed by atoms with Gasteiger partial charge in [-0.15, -0.1) is 0 Å². The lowest BCUT2D eigenvalue weighted by Crippen LogP contribution is -2.46. The molecule has 3 heterocycles. The third-order valence-electron chi connectivity index (χ3n) is 5.18. The Kier molecular flexibility index (Phi) is 4.84. The number of benzene rings is 1. The summed E-state index contributed by atoms with van der Waals surface area (Å²) in [6, 6.07) is 10.7. The first-order chi connectivity index (χ1) is 12.7. The van der Waals surface area contributed by atoms with Crippen molar-refractivity contribution >= 4 is 11.6 Å². The zero-order chi connectivity index (χ0) is 17.9. The van der Waals surface area contributed by atoms with Gasteiger partial charge in [0.05, 0.1) is 6.54 Å². The summed E-state index contributed by atoms with van der Waals surface area (Å²) >= 11 is 0. The number of hydrogen-bond donors (Lipinski definition) is 0. The van der Waals surface area contributed by atoms with Crippen molar-refractivity contribution in [2.75, 3.05) is 24.5 Å². The van der Waals surface area contributed by atoms with Crippen molar-refractivity contribution in [1.82, 2.24) is 14.9 Å². The first-order valence-electron chi connectivity index (χ1n) is 9.26. The number of piperidine rings is 1. The van der Waals surface area contributed by atoms with E-state index in [2.05, 4.69) is 33.9 Å². The second-order valence-corrected chi connectivity index (χ2v) is 7.07. The van der Waals surface area contributed by atoms with Gasteiger partial charge in [-0.3, -0.25) is 9.69 Å². The van der Waals surface area contributed by atoms with E-state index in [0.717, 1.165) is 38.0 Å². The van der Waals surface area contributed by atoms with Crippen LogP contribution in [0.1, 0.15) is 25.3 Å². The van der Waals surface area contributed by atoms with E-state index in [1.54, 1.807) is 18.5 Å². The van der Waals surface area contributed by atoms with E-state index in [1.807, 2.05) is 17.0 Å². The maximum absolute atomic E-state index is 12.9. The quantitative estimate of drug-likeness (QED) is 0.845. The summed E-state index contributed by atoms with van der Waals surface area (Å²) in [6.07, 6.45) is 6.20. The normalized spacial score (nSPS) is 20.8. The number of para-hydroxylation sites is 1. The Labute approximate surface area is 153 Å². The zero-order valence-corrected chi connectivity index (χ0v) is 15.0. The van der Waals surface area contributed by atoms with Gasteiger partial charge in [0.15, 0.2) is 0 Å². The van der Waals surface area contributed by atoms with Crippen molar-refractivity contribution in [3.8, 4) is 6.01 Å². The van der Waals surface area contributed by atoms with Crippen molar-refractivity contribution < 1.29 is 9.53 Å². The van der Waals surface area contributed by atoms with E-state index < -0.39 is 0 Å². The maximum Gasteiger partial charge on any atom is 0.316 e. The SMILES string of the molecule is C[C@H]1Cc2ccccc2N1C(=O)CN1CCC(Oc2ncccn2)CC1. The maximum atomic E-state index is 12.9. The van der Waals surface area contributed by atoms with Crippen LogP contribution in [0.2, 0.25) is 0 Å². The highest BCUT2D eigenvalue weighted by molar-refractivity contribution is 5.97. The van der Waals surface area contributed by atoms with Gasteiger partial charge in [-0.25, -0.2) is 9.97 Å². The van der Waals surface area contributed by atoms with Crippen LogP contribution in [0.25, 0.3) is 0 Å². The summed E-state index contributed by atoms with van der Waals surface area (Å²) in [7, 11) is 0. The number of hydrogen-bond acceptors (Lipinski definition) is 5. The highest BCUT2D eigenvalue weighted by Crippen LogP contribution is 2.32. The molecule has 2 aromatic rings. The Morgan fingerprint density at radius 1 is 1.15 bits per heavy atom. The third-order valence-corrected chi connectivity index (χ3v) is 5.18. The molecule has 4 rings (SSSR count). The van der Waals surface area contributed by atoms with Crippen LogP contribution >= 0.6 is 0 Å². The standard InChI is InChI=1S/C20H24N4O2/c1-15-13-16-5-2-3-6-18(16)24(15)19(25)14-23-11-7-17(8-12-23)26-20-21-9-4-10-22-20/h2-6,9-10,15,17H,7-8,11-14H2,1H3/t15-/m0/s1. The molecule has 1 atom stereocenters. The molecule has 0 spiro atoms. The van der Waals surface area contributed by atoms with E-state index >= 15 is 0 Å². The molecule has 1 amide bonds. The van der Waals surface area contributed by atoms with Crippen molar-refractivity contribution in [2.45, 2.75) is 38.3 Å². The minimum absolute atomic E-state index is 0.121. The first-order valence-corrected chi connectivity index (χ1v) is 9.26. The lowest BCUT2D eigenvalue weighted by molar-refractivity contribution is -0.120. The van der Waals surface area contributed by atoms with E-state index in [-0.39, 0.29) is 18.1 Å². The monoisotopic (exact) mass is 352 g/mol. The fraction of sp³-hybridized carbons (Fsp3) is 0.450. The second kappa shape index (κ2) is 7.41. The van der Waals surface area contributed by atoms with Gasteiger partial charge in [-0.2, -0.15) is 0 Å². The number of aromatic nitrogens is 2. The fourth-order valence-electron chi connectivity index (χ4n) is 3.89. The number of carbonyl (C=O) groups is 1. The van der Waals surface area contributed by atoms with Gasteiger partial charge in [0, 0.05) is 37.2 Å². The summed E-state index contributed by atoms with van der Waals surface area (Å²) < 4.78 is 5.83. The summed E-state index contributed by atoms with van der Waals surface area (Å²) in [6.45, 7) is 4.30. The summed E-state index contributed by atoms with van der Waals surface area (Å²) in [5, 5.41) is 0. The van der Waals surface area contributed by atoms with Crippen molar-refractivity contribution in [1.29, 1.82) is 0 Å². The smallest absolute Gasteiger partial charge is 0.316 e. The number of ether oxygens (including phenoxy) is 1. The zero-order valence-electron chi connectivity index (χ0n) is 15.0. The number of carbonyl (C=O) groups excluding carboxylic acids is 1. The van der Waals surface area contributed by atoms with E-state index in [1.165, 1.54) is 5.56 Å². The molecule has 0 radical (unpaired) electrons. The molecule has 1 aromatic heterocycles. The predicted octanol–water partition coefficient (Wildman–Crippen LogP) is 2.30. The Morgan fingerprint density at radius 3 is 2.65 bits per heavy atom. The van der Waals surface area contributed by atoms with Crippen LogP contribution in [0.5, 0.6) is 6.01 Å². The Morgan fingerprint density at radius 2 is 1.88 bits per heavy atom. The summed E-state index contributed by atoms with van der Waals surface area (Å²) in [4.78, 5) is 25.3. The molecule has 6 heteroatoms. The average molecular weight is 352 g/mol. The van der Waals surface area contributed by atoms with E-state index in [4.69, 9.17) is 4.74 Å². The largest absolute Gasteiger partial charge is 0.460 e. The van der Waals surface area contributed by atoms with Gasteiger partial charge in [0.25, 0.3) is 0 Å². The Hall–Kier alpha value is -2.47. The van der Waals surface area contributed by atoms with Crippen LogP contribution in [0.15, 0.2) is 42.7 Å². The van der Waals surface area contributed by atoms with E-state index in [9.17, 15) is 4.79 Å². The Balaban J connectivity index is 1.31. The van der Waals surface area contributed by atoms with Crippen LogP contribution in [-0.2, 0) is 11.2 Å². The molecular weight excluding hydrogens is 328 g/mol. The fourth-order valence-corrected chi connectivity index (χ4v) is 3.89. The summed E-state index contributed by atoms with van der Waals surface area (Å²) in [5.74, 6) is 0.188. The molecule has 26 heavy (non-hydrogen) atoms. The first kappa shape index (κ1) is 17.0. The number of fused-ring (bicyclic) bond motifs is 1. The van der Waals surface area contributed by atoms with Gasteiger partial charge in [0.2, 0.25) is 5.91 Å². The number of anilines is 1. The topological polar surface area (TPSA) is 58.6 Å². The molecule has 2 aliphatic rings. The van der Waals surface area contributed by atoms with E-state index in [0.29, 0.717) is 12.6 Å². The predicted molar refractivity (Wildman–Crippen MR) is 99.2 cm³/mol. The molecule has 1 saturated heterocycles. The second-order valence-electron chi connectivity index (χ2n) is 7.07. The van der Waals surface area contributed by atoms with Crippen LogP contribution in [0.3, 0.4) is 0 Å². The number of likely N-dealkylation sites (tertiary alicyclic amines) is 1. The lowest BCUT2D eigenvalue weighted by Gasteiger charge is -2.33. The lowest BCUT2D eigenvalue weighted by atomic mass is 10.1. The molecule has 0 N–H and O–H groups in total. The molecule has 0 aliphatic carbocycles. The molecule has 6 nitrogen and oxygen atoms in total. The highest BCUT2D eigenvalue weighted by Gasteiger charge is 2.32. The summed E-state index contributed by atoms with van der Waals surface area (Å²) in [5.41, 5.74) is 2.34. The van der Waals surface area contributed by atoms with Crippen LogP contribution < -0.4 is 9.64 Å². The molecule has 0 bridgehead atoms.